The third-order valence-corrected chi connectivity index (χ3v) is 9.65. The van der Waals surface area contributed by atoms with Crippen molar-refractivity contribution in [3.8, 4) is 11.8 Å². The summed E-state index contributed by atoms with van der Waals surface area (Å²) in [6.45, 7) is 3.00. The van der Waals surface area contributed by atoms with Crippen LogP contribution >= 0.6 is 11.3 Å². The standard InChI is InChI=1S/C34H32F2N6O3S/c35-25-15-29-30(38-20-41(29)17-25)31(32(44)39-34-37-9-12-46-34)42-18-27-26(33(42)45)13-24(14-28(27)36)6-3-21-1-4-22(5-2-21)16-40-10-7-23(19-43)8-11-40/h1-2,4-5,9,12-14,20,23,25,31,43H,7-8,10-11,15-19H2,(H,37,39,44). The van der Waals surface area contributed by atoms with Gasteiger partial charge in [0.05, 0.1) is 25.1 Å². The van der Waals surface area contributed by atoms with Crippen LogP contribution in [0.2, 0.25) is 0 Å². The second-order valence-electron chi connectivity index (χ2n) is 12.0. The third kappa shape index (κ3) is 6.06. The molecule has 7 rings (SSSR count). The van der Waals surface area contributed by atoms with Crippen molar-refractivity contribution in [2.45, 2.75) is 51.1 Å². The van der Waals surface area contributed by atoms with Crippen molar-refractivity contribution >= 4 is 28.3 Å². The quantitative estimate of drug-likeness (QED) is 0.292. The van der Waals surface area contributed by atoms with Gasteiger partial charge in [-0.2, -0.15) is 0 Å². The second-order valence-corrected chi connectivity index (χ2v) is 12.9. The smallest absolute Gasteiger partial charge is 0.255 e. The fraction of sp³-hybridized carbons (Fsp3) is 0.353. The van der Waals surface area contributed by atoms with Crippen molar-refractivity contribution in [2.24, 2.45) is 5.92 Å². The molecule has 2 aromatic heterocycles. The van der Waals surface area contributed by atoms with E-state index in [9.17, 15) is 19.1 Å². The highest BCUT2D eigenvalue weighted by Gasteiger charge is 2.42. The van der Waals surface area contributed by atoms with Crippen LogP contribution in [0, 0.1) is 23.6 Å². The predicted octanol–water partition coefficient (Wildman–Crippen LogP) is 4.31. The highest BCUT2D eigenvalue weighted by Crippen LogP contribution is 2.36. The highest BCUT2D eigenvalue weighted by molar-refractivity contribution is 7.13. The van der Waals surface area contributed by atoms with E-state index in [1.165, 1.54) is 34.2 Å². The van der Waals surface area contributed by atoms with E-state index in [1.54, 1.807) is 22.2 Å². The minimum atomic E-state index is -1.21. The lowest BCUT2D eigenvalue weighted by molar-refractivity contribution is -0.121. The molecule has 2 atom stereocenters. The molecule has 0 bridgehead atoms. The molecule has 12 heteroatoms. The number of benzene rings is 2. The molecule has 0 saturated carbocycles. The molecule has 3 aliphatic heterocycles. The summed E-state index contributed by atoms with van der Waals surface area (Å²) in [5, 5.41) is 14.2. The average molecular weight is 643 g/mol. The molecule has 1 saturated heterocycles. The molecule has 2 unspecified atom stereocenters. The fourth-order valence-electron chi connectivity index (χ4n) is 6.48. The van der Waals surface area contributed by atoms with E-state index in [0.717, 1.165) is 38.0 Å². The number of alkyl halides is 1. The van der Waals surface area contributed by atoms with Crippen molar-refractivity contribution in [3.63, 3.8) is 0 Å². The minimum absolute atomic E-state index is 0.0731. The zero-order chi connectivity index (χ0) is 31.8. The van der Waals surface area contributed by atoms with Crippen LogP contribution in [-0.2, 0) is 30.8 Å². The van der Waals surface area contributed by atoms with Gasteiger partial charge in [0.2, 0.25) is 0 Å². The number of hydrogen-bond donors (Lipinski definition) is 2. The molecule has 2 N–H and O–H groups in total. The summed E-state index contributed by atoms with van der Waals surface area (Å²) in [5.74, 6) is 4.78. The zero-order valence-electron chi connectivity index (χ0n) is 25.0. The summed E-state index contributed by atoms with van der Waals surface area (Å²) < 4.78 is 31.4. The Kier molecular flexibility index (Phi) is 8.38. The molecule has 2 amide bonds. The number of halogens is 2. The third-order valence-electron chi connectivity index (χ3n) is 8.96. The van der Waals surface area contributed by atoms with Crippen LogP contribution in [0.15, 0.2) is 54.3 Å². The van der Waals surface area contributed by atoms with Crippen LogP contribution in [0.1, 0.15) is 62.9 Å². The van der Waals surface area contributed by atoms with E-state index in [-0.39, 0.29) is 42.9 Å². The first kappa shape index (κ1) is 30.2. The molecule has 236 valence electrons. The Labute approximate surface area is 268 Å². The van der Waals surface area contributed by atoms with Crippen LogP contribution in [0.25, 0.3) is 0 Å². The molecule has 0 spiro atoms. The summed E-state index contributed by atoms with van der Waals surface area (Å²) in [6.07, 6.45) is 3.99. The second kappa shape index (κ2) is 12.7. The molecule has 3 aliphatic rings. The number of nitrogens with zero attached hydrogens (tertiary/aromatic N) is 5. The minimum Gasteiger partial charge on any atom is -0.396 e. The number of rotatable bonds is 7. The van der Waals surface area contributed by atoms with E-state index >= 15 is 4.39 Å². The Morgan fingerprint density at radius 3 is 2.65 bits per heavy atom. The SMILES string of the molecule is O=C(Nc1nccs1)C(c1ncn2c1CC(F)C2)N1Cc2c(F)cc(C#Cc3ccc(CN4CCC(CO)CC4)cc3)cc2C1=O. The molecular formula is C34H32F2N6O3S. The van der Waals surface area contributed by atoms with Gasteiger partial charge in [0.25, 0.3) is 11.8 Å². The first-order valence-electron chi connectivity index (χ1n) is 15.3. The molecule has 0 radical (unpaired) electrons. The number of fused-ring (bicyclic) bond motifs is 2. The van der Waals surface area contributed by atoms with Crippen molar-refractivity contribution in [3.05, 3.63) is 99.3 Å². The lowest BCUT2D eigenvalue weighted by atomic mass is 9.97. The van der Waals surface area contributed by atoms with Gasteiger partial charge in [-0.15, -0.1) is 11.3 Å². The maximum absolute atomic E-state index is 15.5. The summed E-state index contributed by atoms with van der Waals surface area (Å²) in [6, 6.07) is 9.57. The van der Waals surface area contributed by atoms with Crippen LogP contribution in [0.5, 0.6) is 0 Å². The van der Waals surface area contributed by atoms with Crippen molar-refractivity contribution in [1.82, 2.24) is 24.3 Å². The first-order chi connectivity index (χ1) is 22.4. The molecular weight excluding hydrogens is 610 g/mol. The van der Waals surface area contributed by atoms with Crippen LogP contribution in [0.4, 0.5) is 13.9 Å². The Bertz CT molecular complexity index is 1820. The highest BCUT2D eigenvalue weighted by atomic mass is 32.1. The molecule has 9 nitrogen and oxygen atoms in total. The number of amides is 2. The first-order valence-corrected chi connectivity index (χ1v) is 16.2. The Morgan fingerprint density at radius 2 is 1.91 bits per heavy atom. The number of nitrogens with one attached hydrogen (secondary N) is 1. The van der Waals surface area contributed by atoms with E-state index in [4.69, 9.17) is 0 Å². The Hall–Kier alpha value is -4.44. The number of piperidine rings is 1. The van der Waals surface area contributed by atoms with Gasteiger partial charge < -0.3 is 14.6 Å². The normalized spacial score (nSPS) is 18.6. The van der Waals surface area contributed by atoms with Crippen LogP contribution in [0.3, 0.4) is 0 Å². The molecule has 4 aromatic rings. The van der Waals surface area contributed by atoms with E-state index < -0.39 is 29.8 Å². The largest absolute Gasteiger partial charge is 0.396 e. The molecule has 2 aromatic carbocycles. The van der Waals surface area contributed by atoms with Gasteiger partial charge in [-0.25, -0.2) is 18.7 Å². The number of carbonyl (C=O) groups is 2. The summed E-state index contributed by atoms with van der Waals surface area (Å²) >= 11 is 1.22. The monoisotopic (exact) mass is 642 g/mol. The summed E-state index contributed by atoms with van der Waals surface area (Å²) in [7, 11) is 0. The van der Waals surface area contributed by atoms with Crippen LogP contribution in [-0.4, -0.2) is 67.1 Å². The fourth-order valence-corrected chi connectivity index (χ4v) is 7.01. The number of imidazole rings is 1. The number of likely N-dealkylation sites (tertiary alicyclic amines) is 1. The van der Waals surface area contributed by atoms with Crippen LogP contribution < -0.4 is 5.32 Å². The summed E-state index contributed by atoms with van der Waals surface area (Å²) in [5.41, 5.74) is 3.39. The lowest BCUT2D eigenvalue weighted by Gasteiger charge is -2.31. The van der Waals surface area contributed by atoms with Gasteiger partial charge in [-0.3, -0.25) is 19.8 Å². The van der Waals surface area contributed by atoms with Gasteiger partial charge in [0.1, 0.15) is 12.0 Å². The number of aromatic nitrogens is 3. The number of hydrogen-bond acceptors (Lipinski definition) is 7. The molecule has 0 aliphatic carbocycles. The van der Waals surface area contributed by atoms with Gasteiger partial charge >= 0.3 is 0 Å². The maximum atomic E-state index is 15.5. The van der Waals surface area contributed by atoms with E-state index in [1.807, 2.05) is 24.3 Å². The molecule has 5 heterocycles. The van der Waals surface area contributed by atoms with Gasteiger partial charge in [0, 0.05) is 59.1 Å². The topological polar surface area (TPSA) is 104 Å². The van der Waals surface area contributed by atoms with Crippen molar-refractivity contribution in [2.75, 3.05) is 25.0 Å². The number of anilines is 1. The molecule has 46 heavy (non-hydrogen) atoms. The lowest BCUT2D eigenvalue weighted by Crippen LogP contribution is -2.38. The number of aliphatic hydroxyl groups excluding tert-OH is 1. The predicted molar refractivity (Wildman–Crippen MR) is 168 cm³/mol. The molecule has 1 fully saturated rings. The van der Waals surface area contributed by atoms with E-state index in [0.29, 0.717) is 22.3 Å². The number of aliphatic hydroxyl groups is 1. The summed E-state index contributed by atoms with van der Waals surface area (Å²) in [4.78, 5) is 39.6. The van der Waals surface area contributed by atoms with Gasteiger partial charge in [-0.1, -0.05) is 24.0 Å². The Balaban J connectivity index is 1.10. The van der Waals surface area contributed by atoms with E-state index in [2.05, 4.69) is 32.0 Å². The van der Waals surface area contributed by atoms with Crippen molar-refractivity contribution in [1.29, 1.82) is 0 Å². The van der Waals surface area contributed by atoms with Gasteiger partial charge in [0.15, 0.2) is 11.2 Å². The maximum Gasteiger partial charge on any atom is 0.255 e. The van der Waals surface area contributed by atoms with Crippen molar-refractivity contribution < 1.29 is 23.5 Å². The average Bonchev–Trinajstić information content (AvgIpc) is 3.85. The Morgan fingerprint density at radius 1 is 1.13 bits per heavy atom. The number of carbonyl (C=O) groups excluding carboxylic acids is 2. The number of thiazole rings is 1. The van der Waals surface area contributed by atoms with Gasteiger partial charge in [-0.05, 0) is 61.7 Å². The zero-order valence-corrected chi connectivity index (χ0v) is 25.8.